The Morgan fingerprint density at radius 3 is 2.00 bits per heavy atom. The number of carbonyl (C=O) groups excluding carboxylic acids is 1. The molecule has 4 atom stereocenters. The maximum absolute atomic E-state index is 10.7. The number of azide groups is 1. The van der Waals surface area contributed by atoms with Crippen LogP contribution in [0.2, 0.25) is 0 Å². The average Bonchev–Trinajstić information content (AvgIpc) is 2.33. The Morgan fingerprint density at radius 2 is 1.58 bits per heavy atom. The molecule has 0 aliphatic rings. The summed E-state index contributed by atoms with van der Waals surface area (Å²) in [5.41, 5.74) is 7.97. The first kappa shape index (κ1) is 19.6. The number of aliphatic carboxylic acids is 1. The number of aliphatic hydroxyl groups is 4. The van der Waals surface area contributed by atoms with Gasteiger partial charge in [-0.25, -0.2) is 4.79 Å². The van der Waals surface area contributed by atoms with Crippen molar-refractivity contribution in [1.82, 2.24) is 6.15 Å². The highest BCUT2D eigenvalue weighted by Crippen LogP contribution is 2.09. The zero-order valence-corrected chi connectivity index (χ0v) is 9.82. The zero-order chi connectivity index (χ0) is 14.3. The second-order valence-electron chi connectivity index (χ2n) is 3.46. The Morgan fingerprint density at radius 1 is 1.11 bits per heavy atom. The Labute approximate surface area is 107 Å². The van der Waals surface area contributed by atoms with Gasteiger partial charge < -0.3 is 31.7 Å². The molecular formula is C8H16N4O7. The van der Waals surface area contributed by atoms with Crippen LogP contribution in [0.3, 0.4) is 0 Å². The number of ketones is 1. The molecule has 0 amide bonds. The van der Waals surface area contributed by atoms with Crippen LogP contribution in [0.4, 0.5) is 0 Å². The van der Waals surface area contributed by atoms with E-state index in [1.165, 1.54) is 0 Å². The lowest BCUT2D eigenvalue weighted by atomic mass is 9.99. The number of aliphatic hydroxyl groups excluding tert-OH is 4. The molecule has 11 nitrogen and oxygen atoms in total. The SMILES string of the molecule is N.[N-]=[N+]=NCC(O)C(O)C(O)C(O)CC(=O)C(=O)O. The van der Waals surface area contributed by atoms with Gasteiger partial charge in [0.1, 0.15) is 12.2 Å². The second-order valence-corrected chi connectivity index (χ2v) is 3.46. The van der Waals surface area contributed by atoms with E-state index in [-0.39, 0.29) is 6.15 Å². The van der Waals surface area contributed by atoms with E-state index in [2.05, 4.69) is 10.0 Å². The highest BCUT2D eigenvalue weighted by molar-refractivity contribution is 6.32. The summed E-state index contributed by atoms with van der Waals surface area (Å²) in [6.07, 6.45) is -8.25. The minimum Gasteiger partial charge on any atom is -0.475 e. The molecule has 0 saturated heterocycles. The molecule has 0 fully saturated rings. The van der Waals surface area contributed by atoms with Crippen molar-refractivity contribution in [3.8, 4) is 0 Å². The third kappa shape index (κ3) is 6.67. The van der Waals surface area contributed by atoms with Gasteiger partial charge in [0.15, 0.2) is 0 Å². The Kier molecular flexibility index (Phi) is 9.50. The van der Waals surface area contributed by atoms with Gasteiger partial charge in [-0.1, -0.05) is 5.11 Å². The maximum Gasteiger partial charge on any atom is 0.372 e. The summed E-state index contributed by atoms with van der Waals surface area (Å²) in [4.78, 5) is 23.2. The lowest BCUT2D eigenvalue weighted by molar-refractivity contribution is -0.152. The van der Waals surface area contributed by atoms with Gasteiger partial charge in [0, 0.05) is 11.3 Å². The first-order valence-corrected chi connectivity index (χ1v) is 4.80. The van der Waals surface area contributed by atoms with Crippen molar-refractivity contribution in [2.75, 3.05) is 6.54 Å². The maximum atomic E-state index is 10.7. The molecule has 0 aromatic heterocycles. The van der Waals surface area contributed by atoms with Gasteiger partial charge in [0.25, 0.3) is 0 Å². The van der Waals surface area contributed by atoms with Crippen LogP contribution in [0.5, 0.6) is 0 Å². The lowest BCUT2D eigenvalue weighted by Gasteiger charge is -2.25. The summed E-state index contributed by atoms with van der Waals surface area (Å²) in [5.74, 6) is -3.14. The molecule has 0 saturated carbocycles. The minimum atomic E-state index is -1.95. The van der Waals surface area contributed by atoms with Crippen LogP contribution >= 0.6 is 0 Å². The molecule has 4 unspecified atom stereocenters. The van der Waals surface area contributed by atoms with E-state index < -0.39 is 49.1 Å². The fourth-order valence-corrected chi connectivity index (χ4v) is 1.08. The molecule has 0 aromatic carbocycles. The van der Waals surface area contributed by atoms with Crippen LogP contribution in [0, 0.1) is 0 Å². The van der Waals surface area contributed by atoms with Crippen molar-refractivity contribution in [1.29, 1.82) is 0 Å². The predicted octanol–water partition coefficient (Wildman–Crippen LogP) is -2.05. The van der Waals surface area contributed by atoms with Gasteiger partial charge in [-0.2, -0.15) is 0 Å². The molecule has 0 spiro atoms. The summed E-state index contributed by atoms with van der Waals surface area (Å²) < 4.78 is 0. The van der Waals surface area contributed by atoms with E-state index in [9.17, 15) is 30.0 Å². The number of hydrogen-bond acceptors (Lipinski definition) is 8. The molecule has 0 aliphatic heterocycles. The number of Topliss-reactive ketones (excluding diaryl/α,β-unsaturated/α-hetero) is 1. The van der Waals surface area contributed by atoms with Gasteiger partial charge in [-0.3, -0.25) is 4.79 Å². The van der Waals surface area contributed by atoms with E-state index in [4.69, 9.17) is 10.6 Å². The summed E-state index contributed by atoms with van der Waals surface area (Å²) in [6, 6.07) is 0. The topological polar surface area (TPSA) is 219 Å². The molecular weight excluding hydrogens is 264 g/mol. The van der Waals surface area contributed by atoms with E-state index in [0.717, 1.165) is 0 Å². The lowest BCUT2D eigenvalue weighted by Crippen LogP contribution is -2.46. The first-order valence-electron chi connectivity index (χ1n) is 4.80. The van der Waals surface area contributed by atoms with Crippen molar-refractivity contribution in [3.63, 3.8) is 0 Å². The third-order valence-electron chi connectivity index (χ3n) is 2.10. The van der Waals surface area contributed by atoms with Gasteiger partial charge >= 0.3 is 5.97 Å². The number of rotatable bonds is 8. The van der Waals surface area contributed by atoms with Gasteiger partial charge in [0.05, 0.1) is 18.8 Å². The van der Waals surface area contributed by atoms with Crippen molar-refractivity contribution >= 4 is 11.8 Å². The predicted molar refractivity (Wildman–Crippen MR) is 60.3 cm³/mol. The molecule has 8 N–H and O–H groups in total. The van der Waals surface area contributed by atoms with E-state index in [1.807, 2.05) is 0 Å². The summed E-state index contributed by atoms with van der Waals surface area (Å²) in [7, 11) is 0. The molecule has 0 aromatic rings. The molecule has 110 valence electrons. The number of carboxylic acid groups (broad SMARTS) is 1. The molecule has 0 radical (unpaired) electrons. The fourth-order valence-electron chi connectivity index (χ4n) is 1.08. The van der Waals surface area contributed by atoms with Crippen molar-refractivity contribution in [2.45, 2.75) is 30.8 Å². The van der Waals surface area contributed by atoms with E-state index >= 15 is 0 Å². The highest BCUT2D eigenvalue weighted by atomic mass is 16.4. The largest absolute Gasteiger partial charge is 0.475 e. The summed E-state index contributed by atoms with van der Waals surface area (Å²) >= 11 is 0. The fraction of sp³-hybridized carbons (Fsp3) is 0.750. The average molecular weight is 280 g/mol. The van der Waals surface area contributed by atoms with Crippen LogP contribution in [0.25, 0.3) is 10.4 Å². The van der Waals surface area contributed by atoms with E-state index in [0.29, 0.717) is 0 Å². The monoisotopic (exact) mass is 280 g/mol. The summed E-state index contributed by atoms with van der Waals surface area (Å²) in [6.45, 7) is -0.547. The zero-order valence-electron chi connectivity index (χ0n) is 9.82. The number of carbonyl (C=O) groups is 2. The number of nitrogens with zero attached hydrogens (tertiary/aromatic N) is 3. The number of carboxylic acids is 1. The van der Waals surface area contributed by atoms with Gasteiger partial charge in [-0.15, -0.1) is 0 Å². The second kappa shape index (κ2) is 9.22. The van der Waals surface area contributed by atoms with Gasteiger partial charge in [0.2, 0.25) is 5.78 Å². The van der Waals surface area contributed by atoms with Crippen LogP contribution < -0.4 is 6.15 Å². The normalized spacial score (nSPS) is 16.2. The van der Waals surface area contributed by atoms with Crippen LogP contribution in [-0.4, -0.2) is 68.2 Å². The smallest absolute Gasteiger partial charge is 0.372 e. The minimum absolute atomic E-state index is 0. The molecule has 0 aliphatic carbocycles. The Bertz CT molecular complexity index is 357. The Balaban J connectivity index is 0. The van der Waals surface area contributed by atoms with Crippen molar-refractivity contribution in [2.24, 2.45) is 5.11 Å². The molecule has 11 heteroatoms. The quantitative estimate of drug-likeness (QED) is 0.125. The Hall–Kier alpha value is -1.75. The van der Waals surface area contributed by atoms with Crippen molar-refractivity contribution in [3.05, 3.63) is 10.4 Å². The van der Waals surface area contributed by atoms with Crippen molar-refractivity contribution < 1.29 is 35.1 Å². The highest BCUT2D eigenvalue weighted by Gasteiger charge is 2.32. The standard InChI is InChI=1S/C8H13N3O7.H3N/c9-11-10-2-5(14)7(16)6(15)3(12)1-4(13)8(17)18;/h3,5-7,12,14-16H,1-2H2,(H,17,18);1H3. The van der Waals surface area contributed by atoms with Crippen LogP contribution in [0.1, 0.15) is 6.42 Å². The molecule has 0 heterocycles. The van der Waals surface area contributed by atoms with Gasteiger partial charge in [-0.05, 0) is 5.53 Å². The third-order valence-corrected chi connectivity index (χ3v) is 2.10. The molecule has 19 heavy (non-hydrogen) atoms. The van der Waals surface area contributed by atoms with Crippen LogP contribution in [-0.2, 0) is 9.59 Å². The molecule has 0 bridgehead atoms. The number of hydrogen-bond donors (Lipinski definition) is 6. The van der Waals surface area contributed by atoms with E-state index in [1.54, 1.807) is 0 Å². The first-order chi connectivity index (χ1) is 8.31. The molecule has 0 rings (SSSR count). The van der Waals surface area contributed by atoms with Crippen LogP contribution in [0.15, 0.2) is 5.11 Å². The summed E-state index contributed by atoms with van der Waals surface area (Å²) in [5, 5.41) is 48.4.